The number of rotatable bonds is 2. The fourth-order valence-electron chi connectivity index (χ4n) is 1.36. The van der Waals surface area contributed by atoms with E-state index in [-0.39, 0.29) is 0 Å². The molecule has 1 aromatic heterocycles. The lowest BCUT2D eigenvalue weighted by Crippen LogP contribution is -1.90. The summed E-state index contributed by atoms with van der Waals surface area (Å²) in [4.78, 5) is 0. The van der Waals surface area contributed by atoms with Gasteiger partial charge >= 0.3 is 0 Å². The summed E-state index contributed by atoms with van der Waals surface area (Å²) in [5, 5.41) is 2.07. The summed E-state index contributed by atoms with van der Waals surface area (Å²) in [6.45, 7) is 0. The first-order valence-electron chi connectivity index (χ1n) is 4.17. The molecule has 1 nitrogen and oxygen atoms in total. The first-order chi connectivity index (χ1) is 6.76. The average molecular weight is 288 g/mol. The number of halogens is 1. The third kappa shape index (κ3) is 1.66. The molecule has 0 aliphatic carbocycles. The SMILES string of the molecule is CSc1cc2ccc(CBr)c(N)c2s1. The molecule has 1 heterocycles. The number of benzene rings is 1. The van der Waals surface area contributed by atoms with E-state index in [0.717, 1.165) is 11.0 Å². The van der Waals surface area contributed by atoms with Crippen molar-refractivity contribution in [2.75, 3.05) is 12.0 Å². The third-order valence-electron chi connectivity index (χ3n) is 2.14. The van der Waals surface area contributed by atoms with Crippen LogP contribution in [0.1, 0.15) is 5.56 Å². The molecule has 0 saturated carbocycles. The summed E-state index contributed by atoms with van der Waals surface area (Å²) in [6, 6.07) is 6.42. The van der Waals surface area contributed by atoms with Crippen LogP contribution < -0.4 is 5.73 Å². The molecule has 2 aromatic rings. The molecule has 14 heavy (non-hydrogen) atoms. The van der Waals surface area contributed by atoms with Gasteiger partial charge in [0.1, 0.15) is 0 Å². The van der Waals surface area contributed by atoms with Gasteiger partial charge < -0.3 is 5.73 Å². The minimum atomic E-state index is 0.821. The number of hydrogen-bond donors (Lipinski definition) is 1. The predicted molar refractivity (Wildman–Crippen MR) is 70.6 cm³/mol. The highest BCUT2D eigenvalue weighted by atomic mass is 79.9. The molecule has 0 amide bonds. The van der Waals surface area contributed by atoms with Crippen LogP contribution in [0, 0.1) is 0 Å². The number of fused-ring (bicyclic) bond motifs is 1. The second-order valence-corrected chi connectivity index (χ2v) is 5.68. The summed E-state index contributed by atoms with van der Waals surface area (Å²) >= 11 is 6.98. The molecule has 0 atom stereocenters. The number of nitrogen functional groups attached to an aromatic ring is 1. The molecule has 0 fully saturated rings. The zero-order chi connectivity index (χ0) is 10.1. The molecule has 2 rings (SSSR count). The lowest BCUT2D eigenvalue weighted by Gasteiger charge is -2.01. The zero-order valence-electron chi connectivity index (χ0n) is 7.71. The smallest absolute Gasteiger partial charge is 0.0609 e. The predicted octanol–water partition coefficient (Wildman–Crippen LogP) is 4.10. The van der Waals surface area contributed by atoms with Gasteiger partial charge in [0.2, 0.25) is 0 Å². The molecule has 0 saturated heterocycles. The van der Waals surface area contributed by atoms with E-state index in [9.17, 15) is 0 Å². The Bertz CT molecular complexity index is 464. The summed E-state index contributed by atoms with van der Waals surface area (Å²) in [7, 11) is 0. The molecule has 0 unspecified atom stereocenters. The quantitative estimate of drug-likeness (QED) is 0.511. The maximum absolute atomic E-state index is 6.07. The van der Waals surface area contributed by atoms with E-state index in [4.69, 9.17) is 5.73 Å². The lowest BCUT2D eigenvalue weighted by atomic mass is 10.1. The molecule has 0 bridgehead atoms. The minimum Gasteiger partial charge on any atom is -0.397 e. The van der Waals surface area contributed by atoms with Crippen molar-refractivity contribution in [2.45, 2.75) is 9.54 Å². The fourth-order valence-corrected chi connectivity index (χ4v) is 3.55. The van der Waals surface area contributed by atoms with E-state index in [0.29, 0.717) is 0 Å². The number of anilines is 1. The molecule has 0 radical (unpaired) electrons. The topological polar surface area (TPSA) is 26.0 Å². The average Bonchev–Trinajstić information content (AvgIpc) is 2.62. The summed E-state index contributed by atoms with van der Waals surface area (Å²) in [5.74, 6) is 0. The largest absolute Gasteiger partial charge is 0.397 e. The van der Waals surface area contributed by atoms with Gasteiger partial charge in [-0.1, -0.05) is 28.1 Å². The Morgan fingerprint density at radius 1 is 1.50 bits per heavy atom. The van der Waals surface area contributed by atoms with E-state index in [1.807, 2.05) is 0 Å². The molecule has 4 heteroatoms. The molecule has 74 valence electrons. The van der Waals surface area contributed by atoms with Crippen LogP contribution in [0.25, 0.3) is 10.1 Å². The fraction of sp³-hybridized carbons (Fsp3) is 0.200. The molecular formula is C10H10BrNS2. The van der Waals surface area contributed by atoms with Crippen molar-refractivity contribution in [3.05, 3.63) is 23.8 Å². The molecule has 0 aliphatic heterocycles. The Morgan fingerprint density at radius 3 is 2.93 bits per heavy atom. The van der Waals surface area contributed by atoms with Crippen LogP contribution in [-0.2, 0) is 5.33 Å². The van der Waals surface area contributed by atoms with Crippen LogP contribution in [0.15, 0.2) is 22.4 Å². The lowest BCUT2D eigenvalue weighted by molar-refractivity contribution is 1.47. The Balaban J connectivity index is 2.68. The summed E-state index contributed by atoms with van der Waals surface area (Å²) in [6.07, 6.45) is 2.09. The highest BCUT2D eigenvalue weighted by Gasteiger charge is 2.07. The Kier molecular flexibility index (Phi) is 3.04. The van der Waals surface area contributed by atoms with Crippen molar-refractivity contribution in [1.82, 2.24) is 0 Å². The van der Waals surface area contributed by atoms with Gasteiger partial charge in [0.25, 0.3) is 0 Å². The third-order valence-corrected chi connectivity index (χ3v) is 4.99. The normalized spacial score (nSPS) is 11.0. The van der Waals surface area contributed by atoms with Crippen molar-refractivity contribution in [1.29, 1.82) is 0 Å². The number of hydrogen-bond acceptors (Lipinski definition) is 3. The Labute approximate surface area is 99.8 Å². The van der Waals surface area contributed by atoms with Crippen molar-refractivity contribution >= 4 is 54.8 Å². The van der Waals surface area contributed by atoms with Gasteiger partial charge in [0, 0.05) is 5.33 Å². The van der Waals surface area contributed by atoms with Crippen LogP contribution in [0.5, 0.6) is 0 Å². The van der Waals surface area contributed by atoms with Gasteiger partial charge in [0.15, 0.2) is 0 Å². The molecule has 1 aromatic carbocycles. The van der Waals surface area contributed by atoms with Gasteiger partial charge in [-0.2, -0.15) is 0 Å². The van der Waals surface area contributed by atoms with Crippen LogP contribution in [0.2, 0.25) is 0 Å². The van der Waals surface area contributed by atoms with Crippen molar-refractivity contribution < 1.29 is 0 Å². The van der Waals surface area contributed by atoms with E-state index in [1.165, 1.54) is 19.9 Å². The van der Waals surface area contributed by atoms with E-state index in [2.05, 4.69) is 40.4 Å². The van der Waals surface area contributed by atoms with Crippen molar-refractivity contribution in [2.24, 2.45) is 0 Å². The Hall–Kier alpha value is -0.190. The first kappa shape index (κ1) is 10.3. The van der Waals surface area contributed by atoms with Crippen molar-refractivity contribution in [3.63, 3.8) is 0 Å². The second kappa shape index (κ2) is 4.13. The first-order valence-corrected chi connectivity index (χ1v) is 7.33. The minimum absolute atomic E-state index is 0.821. The zero-order valence-corrected chi connectivity index (χ0v) is 10.9. The number of nitrogens with two attached hydrogens (primary N) is 1. The standard InChI is InChI=1S/C10H10BrNS2/c1-13-8-4-6-2-3-7(5-11)9(12)10(6)14-8/h2-4H,5,12H2,1H3. The van der Waals surface area contributed by atoms with Gasteiger partial charge in [0.05, 0.1) is 14.6 Å². The molecule has 2 N–H and O–H groups in total. The van der Waals surface area contributed by atoms with Crippen LogP contribution in [-0.4, -0.2) is 6.26 Å². The monoisotopic (exact) mass is 287 g/mol. The second-order valence-electron chi connectivity index (χ2n) is 2.96. The van der Waals surface area contributed by atoms with E-state index >= 15 is 0 Å². The van der Waals surface area contributed by atoms with Gasteiger partial charge in [-0.15, -0.1) is 23.1 Å². The molecule has 0 spiro atoms. The number of thioether (sulfide) groups is 1. The van der Waals surface area contributed by atoms with Crippen molar-refractivity contribution in [3.8, 4) is 0 Å². The highest BCUT2D eigenvalue weighted by molar-refractivity contribution is 9.08. The molecule has 0 aliphatic rings. The van der Waals surface area contributed by atoms with E-state index < -0.39 is 0 Å². The van der Waals surface area contributed by atoms with Crippen LogP contribution in [0.3, 0.4) is 0 Å². The highest BCUT2D eigenvalue weighted by Crippen LogP contribution is 2.37. The van der Waals surface area contributed by atoms with Crippen LogP contribution >= 0.6 is 39.0 Å². The summed E-state index contributed by atoms with van der Waals surface area (Å²) < 4.78 is 2.53. The maximum atomic E-state index is 6.07. The van der Waals surface area contributed by atoms with Crippen LogP contribution in [0.4, 0.5) is 5.69 Å². The molecular weight excluding hydrogens is 278 g/mol. The van der Waals surface area contributed by atoms with E-state index in [1.54, 1.807) is 23.1 Å². The van der Waals surface area contributed by atoms with Gasteiger partial charge in [-0.3, -0.25) is 0 Å². The Morgan fingerprint density at radius 2 is 2.29 bits per heavy atom. The maximum Gasteiger partial charge on any atom is 0.0609 e. The number of alkyl halides is 1. The van der Waals surface area contributed by atoms with Gasteiger partial charge in [-0.05, 0) is 23.3 Å². The number of thiophene rings is 1. The summed E-state index contributed by atoms with van der Waals surface area (Å²) in [5.41, 5.74) is 8.16. The van der Waals surface area contributed by atoms with Gasteiger partial charge in [-0.25, -0.2) is 0 Å².